The lowest BCUT2D eigenvalue weighted by Crippen LogP contribution is -2.54. The van der Waals surface area contributed by atoms with Crippen LogP contribution >= 0.6 is 0 Å². The minimum Gasteiger partial charge on any atom is -0.329 e. The summed E-state index contributed by atoms with van der Waals surface area (Å²) < 4.78 is 26.7. The molecule has 0 amide bonds. The zero-order chi connectivity index (χ0) is 14.5. The Hall–Kier alpha value is -1.17. The summed E-state index contributed by atoms with van der Waals surface area (Å²) >= 11 is 0. The van der Waals surface area contributed by atoms with Crippen LogP contribution in [0.3, 0.4) is 0 Å². The van der Waals surface area contributed by atoms with E-state index in [2.05, 4.69) is 4.72 Å². The summed E-state index contributed by atoms with van der Waals surface area (Å²) in [5, 5.41) is 1.18. The molecule has 0 saturated heterocycles. The minimum atomic E-state index is -3.51. The van der Waals surface area contributed by atoms with Crippen molar-refractivity contribution in [3.63, 3.8) is 0 Å². The van der Waals surface area contributed by atoms with Gasteiger partial charge in [0.1, 0.15) is 0 Å². The van der Waals surface area contributed by atoms with Crippen molar-refractivity contribution in [2.24, 2.45) is 11.7 Å². The minimum absolute atomic E-state index is 0.109. The summed E-state index contributed by atoms with van der Waals surface area (Å²) in [6, 6.07) is 9.29. The van der Waals surface area contributed by atoms with Crippen molar-refractivity contribution in [3.8, 4) is 0 Å². The van der Waals surface area contributed by atoms with Gasteiger partial charge in [-0.2, -0.15) is 0 Å². The van der Waals surface area contributed by atoms with Crippen LogP contribution in [0.4, 0.5) is 0 Å². The third-order valence-corrected chi connectivity index (χ3v) is 4.56. The van der Waals surface area contributed by atoms with E-state index in [1.165, 1.54) is 5.41 Å². The quantitative estimate of drug-likeness (QED) is 0.837. The van der Waals surface area contributed by atoms with Crippen molar-refractivity contribution in [1.82, 2.24) is 4.72 Å². The summed E-state index contributed by atoms with van der Waals surface area (Å²) in [7, 11) is -3.51. The van der Waals surface area contributed by atoms with E-state index >= 15 is 0 Å². The number of hydrogen-bond donors (Lipinski definition) is 2. The summed E-state index contributed by atoms with van der Waals surface area (Å²) in [5.74, 6) is 0.109. The van der Waals surface area contributed by atoms with Crippen molar-refractivity contribution >= 4 is 16.1 Å². The summed E-state index contributed by atoms with van der Waals surface area (Å²) in [4.78, 5) is 0. The van der Waals surface area contributed by atoms with Crippen molar-refractivity contribution in [2.45, 2.75) is 26.3 Å². The molecule has 3 N–H and O–H groups in total. The Morgan fingerprint density at radius 1 is 1.32 bits per heavy atom. The van der Waals surface area contributed by atoms with Gasteiger partial charge in [0.15, 0.2) is 0 Å². The van der Waals surface area contributed by atoms with Gasteiger partial charge in [0.2, 0.25) is 10.0 Å². The molecule has 0 fully saturated rings. The molecule has 1 unspecified atom stereocenters. The van der Waals surface area contributed by atoms with E-state index in [9.17, 15) is 8.42 Å². The molecule has 4 nitrogen and oxygen atoms in total. The van der Waals surface area contributed by atoms with Crippen LogP contribution in [0.25, 0.3) is 6.08 Å². The van der Waals surface area contributed by atoms with E-state index in [1.54, 1.807) is 6.08 Å². The fourth-order valence-electron chi connectivity index (χ4n) is 1.49. The Morgan fingerprint density at radius 3 is 2.37 bits per heavy atom. The molecule has 0 aliphatic heterocycles. The van der Waals surface area contributed by atoms with Crippen LogP contribution in [-0.4, -0.2) is 20.5 Å². The second-order valence-electron chi connectivity index (χ2n) is 5.14. The molecule has 106 valence electrons. The van der Waals surface area contributed by atoms with Gasteiger partial charge in [-0.3, -0.25) is 0 Å². The van der Waals surface area contributed by atoms with Gasteiger partial charge in [0.05, 0.1) is 0 Å². The molecular formula is C14H22N2O2S. The number of hydrogen-bond acceptors (Lipinski definition) is 3. The molecule has 0 aliphatic rings. The SMILES string of the molecule is CC(C)C(C)(CN)NS(=O)(=O)/C=C/c1ccccc1. The number of benzene rings is 1. The summed E-state index contributed by atoms with van der Waals surface area (Å²) in [6.07, 6.45) is 1.57. The Kier molecular flexibility index (Phi) is 5.29. The van der Waals surface area contributed by atoms with E-state index in [0.29, 0.717) is 0 Å². The molecule has 0 radical (unpaired) electrons. The molecule has 0 aliphatic carbocycles. The smallest absolute Gasteiger partial charge is 0.234 e. The first-order valence-corrected chi connectivity index (χ1v) is 7.81. The highest BCUT2D eigenvalue weighted by atomic mass is 32.2. The van der Waals surface area contributed by atoms with Gasteiger partial charge in [0, 0.05) is 17.5 Å². The second-order valence-corrected chi connectivity index (χ2v) is 6.70. The standard InChI is InChI=1S/C14H22N2O2S/c1-12(2)14(3,11-15)16-19(17,18)10-9-13-7-5-4-6-8-13/h4-10,12,16H,11,15H2,1-3H3/b10-9+. The van der Waals surface area contributed by atoms with Gasteiger partial charge >= 0.3 is 0 Å². The molecule has 0 heterocycles. The van der Waals surface area contributed by atoms with Crippen LogP contribution in [0.2, 0.25) is 0 Å². The van der Waals surface area contributed by atoms with Crippen LogP contribution in [0.15, 0.2) is 35.7 Å². The normalized spacial score (nSPS) is 15.8. The molecule has 0 bridgehead atoms. The van der Waals surface area contributed by atoms with Crippen molar-refractivity contribution in [1.29, 1.82) is 0 Å². The predicted octanol–water partition coefficient (Wildman–Crippen LogP) is 1.95. The molecular weight excluding hydrogens is 260 g/mol. The maximum Gasteiger partial charge on any atom is 0.234 e. The molecule has 1 rings (SSSR count). The average molecular weight is 282 g/mol. The van der Waals surface area contributed by atoms with E-state index in [0.717, 1.165) is 5.56 Å². The third-order valence-electron chi connectivity index (χ3n) is 3.31. The maximum absolute atomic E-state index is 12.0. The topological polar surface area (TPSA) is 72.2 Å². The molecule has 1 atom stereocenters. The van der Waals surface area contributed by atoms with E-state index in [-0.39, 0.29) is 12.5 Å². The zero-order valence-corrected chi connectivity index (χ0v) is 12.4. The molecule has 5 heteroatoms. The lowest BCUT2D eigenvalue weighted by atomic mass is 9.90. The van der Waals surface area contributed by atoms with Gasteiger partial charge in [-0.05, 0) is 24.5 Å². The van der Waals surface area contributed by atoms with Gasteiger partial charge in [-0.25, -0.2) is 13.1 Å². The average Bonchev–Trinajstić information content (AvgIpc) is 2.37. The number of nitrogens with two attached hydrogens (primary N) is 1. The molecule has 19 heavy (non-hydrogen) atoms. The monoisotopic (exact) mass is 282 g/mol. The van der Waals surface area contributed by atoms with Crippen LogP contribution in [0, 0.1) is 5.92 Å². The Morgan fingerprint density at radius 2 is 1.89 bits per heavy atom. The number of sulfonamides is 1. The van der Waals surface area contributed by atoms with Crippen LogP contribution in [0.1, 0.15) is 26.3 Å². The first kappa shape index (κ1) is 15.9. The van der Waals surface area contributed by atoms with E-state index in [1.807, 2.05) is 51.1 Å². The largest absolute Gasteiger partial charge is 0.329 e. The lowest BCUT2D eigenvalue weighted by molar-refractivity contribution is 0.316. The fraction of sp³-hybridized carbons (Fsp3) is 0.429. The van der Waals surface area contributed by atoms with Gasteiger partial charge in [0.25, 0.3) is 0 Å². The molecule has 1 aromatic rings. The zero-order valence-electron chi connectivity index (χ0n) is 11.6. The van der Waals surface area contributed by atoms with Crippen LogP contribution in [-0.2, 0) is 10.0 Å². The summed E-state index contributed by atoms with van der Waals surface area (Å²) in [6.45, 7) is 5.95. The van der Waals surface area contributed by atoms with Crippen LogP contribution in [0.5, 0.6) is 0 Å². The second kappa shape index (κ2) is 6.32. The Balaban J connectivity index is 2.86. The van der Waals surface area contributed by atoms with Crippen molar-refractivity contribution < 1.29 is 8.42 Å². The predicted molar refractivity (Wildman–Crippen MR) is 79.8 cm³/mol. The van der Waals surface area contributed by atoms with Gasteiger partial charge < -0.3 is 5.73 Å². The van der Waals surface area contributed by atoms with E-state index < -0.39 is 15.6 Å². The molecule has 0 aromatic heterocycles. The fourth-order valence-corrected chi connectivity index (χ4v) is 2.86. The Labute approximate surface area is 115 Å². The third kappa shape index (κ3) is 4.78. The number of nitrogens with one attached hydrogen (secondary N) is 1. The Bertz CT molecular complexity index is 524. The molecule has 0 saturated carbocycles. The first-order chi connectivity index (χ1) is 8.79. The molecule has 1 aromatic carbocycles. The highest BCUT2D eigenvalue weighted by molar-refractivity contribution is 7.92. The van der Waals surface area contributed by atoms with Gasteiger partial charge in [-0.15, -0.1) is 0 Å². The number of rotatable bonds is 6. The lowest BCUT2D eigenvalue weighted by Gasteiger charge is -2.32. The van der Waals surface area contributed by atoms with Crippen molar-refractivity contribution in [2.75, 3.05) is 6.54 Å². The molecule has 0 spiro atoms. The van der Waals surface area contributed by atoms with Crippen LogP contribution < -0.4 is 10.5 Å². The van der Waals surface area contributed by atoms with Crippen molar-refractivity contribution in [3.05, 3.63) is 41.3 Å². The highest BCUT2D eigenvalue weighted by Gasteiger charge is 2.30. The van der Waals surface area contributed by atoms with E-state index in [4.69, 9.17) is 5.73 Å². The summed E-state index contributed by atoms with van der Waals surface area (Å²) in [5.41, 5.74) is 5.87. The highest BCUT2D eigenvalue weighted by Crippen LogP contribution is 2.16. The first-order valence-electron chi connectivity index (χ1n) is 6.26. The maximum atomic E-state index is 12.0. The van der Waals surface area contributed by atoms with Gasteiger partial charge in [-0.1, -0.05) is 44.2 Å².